The second-order valence-corrected chi connectivity index (χ2v) is 15.0. The molecule has 266 valence electrons. The van der Waals surface area contributed by atoms with Gasteiger partial charge in [-0.1, -0.05) is 134 Å². The van der Waals surface area contributed by atoms with E-state index in [-0.39, 0.29) is 19.1 Å². The standard InChI is InChI=1S/C36H71N2O6P/c1-6-8-10-12-14-16-18-20-21-23-25-27-29-35(39)34(33-44-45(41,42)43-32-31-38(3,4)5)37-36(40)30-28-26-24-22-19-17-15-13-11-9-7-2/h20-21,27,29,34-35,39H,6-19,22-26,28,30-33H2,1-5H3,(H-,37,40,41,42)/p+1/b21-20+,29-27+. The van der Waals surface area contributed by atoms with E-state index in [2.05, 4.69) is 31.3 Å². The van der Waals surface area contributed by atoms with Crippen LogP contribution in [0.1, 0.15) is 149 Å². The molecule has 9 heteroatoms. The number of nitrogens with one attached hydrogen (secondary N) is 1. The second-order valence-electron chi connectivity index (χ2n) is 13.6. The number of hydrogen-bond acceptors (Lipinski definition) is 5. The average molecular weight is 660 g/mol. The van der Waals surface area contributed by atoms with Gasteiger partial charge in [0.25, 0.3) is 0 Å². The zero-order chi connectivity index (χ0) is 33.7. The fourth-order valence-electron chi connectivity index (χ4n) is 4.94. The lowest BCUT2D eigenvalue weighted by molar-refractivity contribution is -0.870. The molecule has 0 aromatic heterocycles. The third-order valence-corrected chi connectivity index (χ3v) is 8.91. The van der Waals surface area contributed by atoms with Crippen LogP contribution in [0, 0.1) is 0 Å². The molecular formula is C36H72N2O6P+. The molecule has 3 atom stereocenters. The number of phosphoric acid groups is 1. The fraction of sp³-hybridized carbons (Fsp3) is 0.861. The Morgan fingerprint density at radius 1 is 0.733 bits per heavy atom. The van der Waals surface area contributed by atoms with Crippen molar-refractivity contribution in [1.82, 2.24) is 5.32 Å². The lowest BCUT2D eigenvalue weighted by atomic mass is 10.0. The zero-order valence-electron chi connectivity index (χ0n) is 29.9. The lowest BCUT2D eigenvalue weighted by Gasteiger charge is -2.25. The van der Waals surface area contributed by atoms with E-state index in [4.69, 9.17) is 9.05 Å². The summed E-state index contributed by atoms with van der Waals surface area (Å²) in [6.45, 7) is 4.74. The SMILES string of the molecule is CCCCCCCC/C=C/CC/C=C/C(O)C(COP(=O)(O)OCC[N+](C)(C)C)NC(=O)CCCCCCCCCCCCC. The maximum Gasteiger partial charge on any atom is 0.472 e. The Labute approximate surface area is 277 Å². The van der Waals surface area contributed by atoms with Gasteiger partial charge in [-0.3, -0.25) is 13.8 Å². The Balaban J connectivity index is 4.64. The van der Waals surface area contributed by atoms with E-state index in [1.54, 1.807) is 6.08 Å². The van der Waals surface area contributed by atoms with Crippen LogP contribution in [-0.2, 0) is 18.4 Å². The molecule has 3 unspecified atom stereocenters. The smallest absolute Gasteiger partial charge is 0.387 e. The minimum Gasteiger partial charge on any atom is -0.387 e. The number of carbonyl (C=O) groups excluding carboxylic acids is 1. The van der Waals surface area contributed by atoms with Gasteiger partial charge in [-0.2, -0.15) is 0 Å². The van der Waals surface area contributed by atoms with Crippen molar-refractivity contribution in [2.45, 2.75) is 161 Å². The topological polar surface area (TPSA) is 105 Å². The van der Waals surface area contributed by atoms with E-state index >= 15 is 0 Å². The maximum absolute atomic E-state index is 12.7. The number of nitrogens with zero attached hydrogens (tertiary/aromatic N) is 1. The zero-order valence-corrected chi connectivity index (χ0v) is 30.8. The number of aliphatic hydroxyl groups excluding tert-OH is 1. The Morgan fingerprint density at radius 2 is 1.22 bits per heavy atom. The van der Waals surface area contributed by atoms with E-state index in [0.29, 0.717) is 17.4 Å². The summed E-state index contributed by atoms with van der Waals surface area (Å²) in [6.07, 6.45) is 31.0. The van der Waals surface area contributed by atoms with Crippen molar-refractivity contribution < 1.29 is 32.9 Å². The van der Waals surface area contributed by atoms with E-state index in [9.17, 15) is 19.4 Å². The van der Waals surface area contributed by atoms with Gasteiger partial charge in [-0.05, 0) is 32.1 Å². The first-order valence-electron chi connectivity index (χ1n) is 18.2. The minimum atomic E-state index is -4.33. The first kappa shape index (κ1) is 44.0. The molecule has 8 nitrogen and oxygen atoms in total. The summed E-state index contributed by atoms with van der Waals surface area (Å²) in [4.78, 5) is 22.9. The van der Waals surface area contributed by atoms with Crippen LogP contribution in [0.2, 0.25) is 0 Å². The van der Waals surface area contributed by atoms with Gasteiger partial charge in [0.1, 0.15) is 13.2 Å². The minimum absolute atomic E-state index is 0.0575. The highest BCUT2D eigenvalue weighted by molar-refractivity contribution is 7.47. The fourth-order valence-corrected chi connectivity index (χ4v) is 5.67. The van der Waals surface area contributed by atoms with Crippen molar-refractivity contribution in [1.29, 1.82) is 0 Å². The first-order chi connectivity index (χ1) is 21.5. The normalized spacial score (nSPS) is 15.1. The summed E-state index contributed by atoms with van der Waals surface area (Å²) in [5.41, 5.74) is 0. The molecule has 0 aliphatic rings. The molecule has 45 heavy (non-hydrogen) atoms. The molecule has 0 aromatic carbocycles. The molecule has 0 saturated carbocycles. The highest BCUT2D eigenvalue weighted by Gasteiger charge is 2.27. The molecule has 0 spiro atoms. The van der Waals surface area contributed by atoms with Gasteiger partial charge in [-0.15, -0.1) is 0 Å². The molecule has 0 saturated heterocycles. The van der Waals surface area contributed by atoms with Gasteiger partial charge in [0.2, 0.25) is 5.91 Å². The summed E-state index contributed by atoms with van der Waals surface area (Å²) in [5.74, 6) is -0.191. The van der Waals surface area contributed by atoms with Gasteiger partial charge < -0.3 is 19.8 Å². The van der Waals surface area contributed by atoms with Crippen molar-refractivity contribution in [2.24, 2.45) is 0 Å². The Morgan fingerprint density at radius 3 is 1.78 bits per heavy atom. The molecule has 1 amide bonds. The largest absolute Gasteiger partial charge is 0.472 e. The average Bonchev–Trinajstić information content (AvgIpc) is 2.97. The Hall–Kier alpha value is -1.02. The van der Waals surface area contributed by atoms with Gasteiger partial charge in [0.05, 0.1) is 39.9 Å². The van der Waals surface area contributed by atoms with E-state index in [1.807, 2.05) is 27.2 Å². The number of aliphatic hydroxyl groups is 1. The molecule has 0 aromatic rings. The first-order valence-corrected chi connectivity index (χ1v) is 19.7. The number of rotatable bonds is 32. The lowest BCUT2D eigenvalue weighted by Crippen LogP contribution is -2.45. The monoisotopic (exact) mass is 660 g/mol. The van der Waals surface area contributed by atoms with Gasteiger partial charge >= 0.3 is 7.82 Å². The molecular weight excluding hydrogens is 587 g/mol. The van der Waals surface area contributed by atoms with Crippen molar-refractivity contribution >= 4 is 13.7 Å². The van der Waals surface area contributed by atoms with Crippen LogP contribution in [0.25, 0.3) is 0 Å². The second kappa shape index (κ2) is 29.1. The highest BCUT2D eigenvalue weighted by atomic mass is 31.2. The maximum atomic E-state index is 12.7. The van der Waals surface area contributed by atoms with Gasteiger partial charge in [-0.25, -0.2) is 4.57 Å². The number of hydrogen-bond donors (Lipinski definition) is 3. The van der Waals surface area contributed by atoms with Crippen molar-refractivity contribution in [2.75, 3.05) is 40.9 Å². The Bertz CT molecular complexity index is 799. The summed E-state index contributed by atoms with van der Waals surface area (Å²) < 4.78 is 23.4. The van der Waals surface area contributed by atoms with Gasteiger partial charge in [0.15, 0.2) is 0 Å². The summed E-state index contributed by atoms with van der Waals surface area (Å²) >= 11 is 0. The van der Waals surface area contributed by atoms with Crippen molar-refractivity contribution in [3.8, 4) is 0 Å². The van der Waals surface area contributed by atoms with Gasteiger partial charge in [0, 0.05) is 6.42 Å². The number of quaternary nitrogens is 1. The molecule has 0 heterocycles. The number of amides is 1. The van der Waals surface area contributed by atoms with Crippen molar-refractivity contribution in [3.05, 3.63) is 24.3 Å². The third kappa shape index (κ3) is 31.4. The predicted molar refractivity (Wildman–Crippen MR) is 189 cm³/mol. The van der Waals surface area contributed by atoms with E-state index < -0.39 is 20.0 Å². The molecule has 0 aliphatic heterocycles. The summed E-state index contributed by atoms with van der Waals surface area (Å²) in [6, 6.07) is -0.854. The van der Waals surface area contributed by atoms with Crippen LogP contribution in [0.5, 0.6) is 0 Å². The molecule has 0 aliphatic carbocycles. The molecule has 0 rings (SSSR count). The predicted octanol–water partition coefficient (Wildman–Crippen LogP) is 9.02. The van der Waals surface area contributed by atoms with Crippen LogP contribution >= 0.6 is 7.82 Å². The molecule has 0 bridgehead atoms. The highest BCUT2D eigenvalue weighted by Crippen LogP contribution is 2.43. The molecule has 3 N–H and O–H groups in total. The van der Waals surface area contributed by atoms with Crippen LogP contribution in [0.3, 0.4) is 0 Å². The van der Waals surface area contributed by atoms with Crippen LogP contribution in [0.15, 0.2) is 24.3 Å². The number of phosphoric ester groups is 1. The Kier molecular flexibility index (Phi) is 28.5. The van der Waals surface area contributed by atoms with E-state index in [0.717, 1.165) is 38.5 Å². The number of carbonyl (C=O) groups is 1. The van der Waals surface area contributed by atoms with E-state index in [1.165, 1.54) is 89.9 Å². The van der Waals surface area contributed by atoms with Crippen molar-refractivity contribution in [3.63, 3.8) is 0 Å². The third-order valence-electron chi connectivity index (χ3n) is 7.92. The summed E-state index contributed by atoms with van der Waals surface area (Å²) in [7, 11) is 1.55. The quantitative estimate of drug-likeness (QED) is 0.0288. The number of unbranched alkanes of at least 4 members (excludes halogenated alkanes) is 17. The van der Waals surface area contributed by atoms with Crippen LogP contribution in [-0.4, -0.2) is 73.4 Å². The number of likely N-dealkylation sites (N-methyl/N-ethyl adjacent to an activating group) is 1. The van der Waals surface area contributed by atoms with Crippen LogP contribution < -0.4 is 5.32 Å². The molecule has 0 fully saturated rings. The number of allylic oxidation sites excluding steroid dienone is 3. The summed E-state index contributed by atoms with van der Waals surface area (Å²) in [5, 5.41) is 13.7. The van der Waals surface area contributed by atoms with Crippen LogP contribution in [0.4, 0.5) is 0 Å². The molecule has 0 radical (unpaired) electrons.